The van der Waals surface area contributed by atoms with E-state index in [2.05, 4.69) is 31.6 Å². The molecule has 0 aromatic heterocycles. The molecule has 13 nitrogen and oxygen atoms in total. The fourth-order valence-electron chi connectivity index (χ4n) is 3.55. The molecule has 0 bridgehead atoms. The van der Waals surface area contributed by atoms with Gasteiger partial charge in [0.25, 0.3) is 0 Å². The van der Waals surface area contributed by atoms with Crippen molar-refractivity contribution in [2.75, 3.05) is 40.8 Å². The van der Waals surface area contributed by atoms with E-state index in [1.165, 1.54) is 7.05 Å². The fourth-order valence-corrected chi connectivity index (χ4v) is 3.55. The van der Waals surface area contributed by atoms with Crippen molar-refractivity contribution in [2.24, 2.45) is 16.6 Å². The summed E-state index contributed by atoms with van der Waals surface area (Å²) in [4.78, 5) is 68.3. The van der Waals surface area contributed by atoms with Gasteiger partial charge in [0.15, 0.2) is 5.96 Å². The van der Waals surface area contributed by atoms with Crippen LogP contribution in [0.15, 0.2) is 35.3 Å². The Morgan fingerprint density at radius 2 is 1.46 bits per heavy atom. The van der Waals surface area contributed by atoms with Crippen molar-refractivity contribution in [3.05, 3.63) is 35.9 Å². The van der Waals surface area contributed by atoms with Gasteiger partial charge >= 0.3 is 0 Å². The van der Waals surface area contributed by atoms with Crippen molar-refractivity contribution in [2.45, 2.75) is 58.0 Å². The van der Waals surface area contributed by atoms with Crippen LogP contribution in [0, 0.1) is 5.92 Å². The van der Waals surface area contributed by atoms with Gasteiger partial charge < -0.3 is 37.2 Å². The number of benzene rings is 1. The Labute approximate surface area is 242 Å². The second kappa shape index (κ2) is 19.0. The Balaban J connectivity index is 2.97. The van der Waals surface area contributed by atoms with Crippen molar-refractivity contribution in [3.8, 4) is 0 Å². The van der Waals surface area contributed by atoms with E-state index in [-0.39, 0.29) is 56.5 Å². The molecule has 0 saturated carbocycles. The lowest BCUT2D eigenvalue weighted by molar-refractivity contribution is -0.132. The summed E-state index contributed by atoms with van der Waals surface area (Å²) in [5, 5.41) is 13.4. The van der Waals surface area contributed by atoms with Crippen LogP contribution in [0.5, 0.6) is 0 Å². The predicted molar refractivity (Wildman–Crippen MR) is 158 cm³/mol. The maximum Gasteiger partial charge on any atom is 0.243 e. The van der Waals surface area contributed by atoms with Crippen molar-refractivity contribution < 1.29 is 24.0 Å². The third-order valence-electron chi connectivity index (χ3n) is 6.06. The lowest BCUT2D eigenvalue weighted by atomic mass is 10.0. The van der Waals surface area contributed by atoms with Gasteiger partial charge in [-0.25, -0.2) is 0 Å². The van der Waals surface area contributed by atoms with Gasteiger partial charge in [-0.15, -0.1) is 0 Å². The standard InChI is InChI=1S/C28H46N8O5/c1-19(2)25(39)31-16-17-32-26(40)22(18-20-10-7-6-8-11-20)35-27(41)21(12-9-15-33-28(29)36(4)5)34-24(38)14-13-23(37)30-3/h6-8,10-11,19,21-22H,9,12-18H2,1-5H3,(H2,29,33)(H,30,37)(H,31,39)(H,32,40)(H,34,38)(H,35,41). The highest BCUT2D eigenvalue weighted by atomic mass is 16.2. The van der Waals surface area contributed by atoms with Gasteiger partial charge in [-0.3, -0.25) is 29.0 Å². The highest BCUT2D eigenvalue weighted by Crippen LogP contribution is 2.06. The molecule has 2 atom stereocenters. The van der Waals surface area contributed by atoms with Crippen LogP contribution in [0.3, 0.4) is 0 Å². The zero-order valence-corrected chi connectivity index (χ0v) is 24.8. The summed E-state index contributed by atoms with van der Waals surface area (Å²) >= 11 is 0. The maximum absolute atomic E-state index is 13.4. The van der Waals surface area contributed by atoms with Gasteiger partial charge in [0.1, 0.15) is 12.1 Å². The summed E-state index contributed by atoms with van der Waals surface area (Å²) in [6.07, 6.45) is 0.784. The van der Waals surface area contributed by atoms with Crippen molar-refractivity contribution in [3.63, 3.8) is 0 Å². The SMILES string of the molecule is CNC(=O)CCC(=O)NC(CCCN=C(N)N(C)C)C(=O)NC(Cc1ccccc1)C(=O)NCCNC(=O)C(C)C. The Hall–Kier alpha value is -4.16. The van der Waals surface area contributed by atoms with Crippen LogP contribution in [0.1, 0.15) is 45.1 Å². The highest BCUT2D eigenvalue weighted by molar-refractivity contribution is 5.93. The molecule has 13 heteroatoms. The van der Waals surface area contributed by atoms with Gasteiger partial charge in [0.05, 0.1) is 0 Å². The third kappa shape index (κ3) is 14.7. The zero-order valence-electron chi connectivity index (χ0n) is 24.8. The molecule has 1 aromatic rings. The topological polar surface area (TPSA) is 187 Å². The van der Waals surface area contributed by atoms with E-state index in [0.717, 1.165) is 5.56 Å². The lowest BCUT2D eigenvalue weighted by Crippen LogP contribution is -2.55. The van der Waals surface area contributed by atoms with Crippen molar-refractivity contribution in [1.29, 1.82) is 0 Å². The molecule has 0 radical (unpaired) electrons. The fraction of sp³-hybridized carbons (Fsp3) is 0.571. The molecule has 7 N–H and O–H groups in total. The van der Waals surface area contributed by atoms with Gasteiger partial charge in [-0.2, -0.15) is 0 Å². The van der Waals surface area contributed by atoms with E-state index < -0.39 is 29.8 Å². The Morgan fingerprint density at radius 3 is 2.05 bits per heavy atom. The summed E-state index contributed by atoms with van der Waals surface area (Å²) < 4.78 is 0. The molecule has 0 aliphatic heterocycles. The van der Waals surface area contributed by atoms with Gasteiger partial charge in [-0.05, 0) is 18.4 Å². The summed E-state index contributed by atoms with van der Waals surface area (Å²) in [5.41, 5.74) is 6.66. The molecular weight excluding hydrogens is 528 g/mol. The van der Waals surface area contributed by atoms with E-state index in [4.69, 9.17) is 5.73 Å². The lowest BCUT2D eigenvalue weighted by Gasteiger charge is -2.23. The molecule has 0 aliphatic rings. The molecule has 1 rings (SSSR count). The minimum absolute atomic E-state index is 0.0211. The Bertz CT molecular complexity index is 1030. The summed E-state index contributed by atoms with van der Waals surface area (Å²) in [6.45, 7) is 4.31. The highest BCUT2D eigenvalue weighted by Gasteiger charge is 2.27. The van der Waals surface area contributed by atoms with E-state index >= 15 is 0 Å². The quantitative estimate of drug-likeness (QED) is 0.0804. The number of guanidine groups is 1. The van der Waals surface area contributed by atoms with Crippen molar-refractivity contribution >= 4 is 35.5 Å². The first-order chi connectivity index (χ1) is 19.4. The molecule has 0 spiro atoms. The monoisotopic (exact) mass is 574 g/mol. The molecular formula is C28H46N8O5. The minimum Gasteiger partial charge on any atom is -0.370 e. The maximum atomic E-state index is 13.4. The average molecular weight is 575 g/mol. The van der Waals surface area contributed by atoms with Crippen LogP contribution in [0.2, 0.25) is 0 Å². The number of carbonyl (C=O) groups is 5. The molecule has 0 saturated heterocycles. The second-order valence-corrected chi connectivity index (χ2v) is 10.1. The molecule has 0 fully saturated rings. The van der Waals surface area contributed by atoms with E-state index in [1.54, 1.807) is 32.8 Å². The van der Waals surface area contributed by atoms with Gasteiger partial charge in [0, 0.05) is 66.0 Å². The van der Waals surface area contributed by atoms with Crippen LogP contribution in [0.4, 0.5) is 0 Å². The first-order valence-corrected chi connectivity index (χ1v) is 13.8. The zero-order chi connectivity index (χ0) is 30.8. The number of nitrogens with one attached hydrogen (secondary N) is 5. The summed E-state index contributed by atoms with van der Waals surface area (Å²) in [7, 11) is 5.00. The Morgan fingerprint density at radius 1 is 0.854 bits per heavy atom. The summed E-state index contributed by atoms with van der Waals surface area (Å²) in [5.74, 6) is -1.68. The number of hydrogen-bond acceptors (Lipinski definition) is 6. The predicted octanol–water partition coefficient (Wildman–Crippen LogP) is -0.730. The van der Waals surface area contributed by atoms with Gasteiger partial charge in [0.2, 0.25) is 29.5 Å². The molecule has 5 amide bonds. The van der Waals surface area contributed by atoms with Crippen LogP contribution < -0.4 is 32.3 Å². The molecule has 41 heavy (non-hydrogen) atoms. The van der Waals surface area contributed by atoms with Gasteiger partial charge in [-0.1, -0.05) is 44.2 Å². The first-order valence-electron chi connectivity index (χ1n) is 13.8. The number of amides is 5. The van der Waals surface area contributed by atoms with E-state index in [1.807, 2.05) is 30.3 Å². The number of nitrogens with two attached hydrogens (primary N) is 1. The third-order valence-corrected chi connectivity index (χ3v) is 6.06. The number of carbonyl (C=O) groups excluding carboxylic acids is 5. The van der Waals surface area contributed by atoms with E-state index in [9.17, 15) is 24.0 Å². The second-order valence-electron chi connectivity index (χ2n) is 10.1. The van der Waals surface area contributed by atoms with Crippen molar-refractivity contribution in [1.82, 2.24) is 31.5 Å². The average Bonchev–Trinajstić information content (AvgIpc) is 2.94. The molecule has 1 aromatic carbocycles. The number of hydrogen-bond donors (Lipinski definition) is 6. The first kappa shape index (κ1) is 34.9. The normalized spacial score (nSPS) is 12.6. The minimum atomic E-state index is -0.959. The van der Waals surface area contributed by atoms with Crippen LogP contribution >= 0.6 is 0 Å². The smallest absolute Gasteiger partial charge is 0.243 e. The molecule has 228 valence electrons. The van der Waals surface area contributed by atoms with E-state index in [0.29, 0.717) is 18.9 Å². The largest absolute Gasteiger partial charge is 0.370 e. The van der Waals surface area contributed by atoms with Crippen LogP contribution in [0.25, 0.3) is 0 Å². The number of rotatable bonds is 17. The Kier molecular flexibility index (Phi) is 16.2. The molecule has 0 heterocycles. The summed E-state index contributed by atoms with van der Waals surface area (Å²) in [6, 6.07) is 7.33. The molecule has 2 unspecified atom stereocenters. The van der Waals surface area contributed by atoms with Crippen LogP contribution in [-0.4, -0.2) is 93.3 Å². The van der Waals surface area contributed by atoms with Crippen LogP contribution in [-0.2, 0) is 30.4 Å². The molecule has 0 aliphatic carbocycles. The number of aliphatic imine (C=N–C) groups is 1. The number of nitrogens with zero attached hydrogens (tertiary/aromatic N) is 2.